The number of pyridine rings is 1. The first-order chi connectivity index (χ1) is 20.2. The van der Waals surface area contributed by atoms with Gasteiger partial charge in [-0.05, 0) is 49.2 Å². The summed E-state index contributed by atoms with van der Waals surface area (Å²) in [7, 11) is -9.99. The van der Waals surface area contributed by atoms with Crippen molar-refractivity contribution in [2.24, 2.45) is 10.2 Å². The maximum atomic E-state index is 13.0. The Hall–Kier alpha value is -1.49. The Balaban J connectivity index is 0.00000353. The average Bonchev–Trinajstić information content (AvgIpc) is 2.90. The Kier molecular flexibility index (Phi) is 16.4. The maximum absolute atomic E-state index is 13.0. The number of rotatable bonds is 10. The van der Waals surface area contributed by atoms with E-state index in [4.69, 9.17) is 11.6 Å². The van der Waals surface area contributed by atoms with E-state index in [9.17, 15) is 35.8 Å². The van der Waals surface area contributed by atoms with Crippen molar-refractivity contribution in [1.82, 2.24) is 19.5 Å². The van der Waals surface area contributed by atoms with Gasteiger partial charge in [-0.2, -0.15) is 39.2 Å². The van der Waals surface area contributed by atoms with E-state index < -0.39 is 53.7 Å². The Morgan fingerprint density at radius 1 is 1.00 bits per heavy atom. The van der Waals surface area contributed by atoms with Gasteiger partial charge in [0.2, 0.25) is 17.2 Å². The molecule has 2 aromatic carbocycles. The second kappa shape index (κ2) is 17.8. The van der Waals surface area contributed by atoms with Gasteiger partial charge in [0.15, 0.2) is 11.6 Å². The van der Waals surface area contributed by atoms with Gasteiger partial charge in [0.1, 0.15) is 15.8 Å². The average molecular weight is 717 g/mol. The number of aromatic nitrogens is 4. The van der Waals surface area contributed by atoms with Crippen LogP contribution in [0.3, 0.4) is 0 Å². The number of halogens is 1. The van der Waals surface area contributed by atoms with E-state index in [0.29, 0.717) is 5.69 Å². The van der Waals surface area contributed by atoms with Crippen LogP contribution in [-0.4, -0.2) is 50.6 Å². The molecule has 0 saturated carbocycles. The predicted octanol–water partition coefficient (Wildman–Crippen LogP) is -5.62. The van der Waals surface area contributed by atoms with Crippen LogP contribution in [0.5, 0.6) is 5.88 Å². The summed E-state index contributed by atoms with van der Waals surface area (Å²) in [6.07, 6.45) is 0. The molecule has 0 atom stereocenters. The third kappa shape index (κ3) is 11.0. The number of azo groups is 1. The number of hydrogen-bond donors (Lipinski definition) is 3. The van der Waals surface area contributed by atoms with Crippen molar-refractivity contribution in [2.75, 3.05) is 10.6 Å². The minimum Gasteiger partial charge on any atom is -0.748 e. The molecular formula is C24H20ClN8Na3O8S2. The zero-order valence-corrected chi connectivity index (χ0v) is 33.5. The van der Waals surface area contributed by atoms with Crippen LogP contribution in [-0.2, 0) is 32.5 Å². The first-order valence-corrected chi connectivity index (χ1v) is 15.3. The summed E-state index contributed by atoms with van der Waals surface area (Å²) in [5, 5.41) is 23.5. The molecule has 0 amide bonds. The molecule has 0 aliphatic carbocycles. The maximum Gasteiger partial charge on any atom is 1.00 e. The molecule has 0 aliphatic rings. The molecular weight excluding hydrogens is 697 g/mol. The molecule has 0 aliphatic heterocycles. The summed E-state index contributed by atoms with van der Waals surface area (Å²) in [6, 6.07) is 12.9. The van der Waals surface area contributed by atoms with E-state index in [-0.39, 0.29) is 129 Å². The van der Waals surface area contributed by atoms with Gasteiger partial charge in [-0.3, -0.25) is 9.36 Å². The topological polar surface area (TPSA) is 244 Å². The van der Waals surface area contributed by atoms with Gasteiger partial charge in [-0.1, -0.05) is 5.69 Å². The van der Waals surface area contributed by atoms with Crippen molar-refractivity contribution in [3.05, 3.63) is 75.3 Å². The number of nitrogens with one attached hydrogen (secondary N) is 2. The minimum atomic E-state index is -5.10. The van der Waals surface area contributed by atoms with E-state index in [2.05, 4.69) is 41.9 Å². The fourth-order valence-electron chi connectivity index (χ4n) is 3.80. The summed E-state index contributed by atoms with van der Waals surface area (Å²) in [5.41, 5.74) is -1.77. The predicted molar refractivity (Wildman–Crippen MR) is 151 cm³/mol. The molecule has 0 radical (unpaired) electrons. The molecule has 0 unspecified atom stereocenters. The fraction of sp³-hybridized carbons (Fsp3) is 0.167. The molecule has 4 aromatic rings. The molecule has 46 heavy (non-hydrogen) atoms. The van der Waals surface area contributed by atoms with Crippen molar-refractivity contribution in [3.63, 3.8) is 0 Å². The van der Waals surface area contributed by atoms with Crippen molar-refractivity contribution in [1.29, 1.82) is 0 Å². The van der Waals surface area contributed by atoms with E-state index in [0.717, 1.165) is 16.7 Å². The Bertz CT molecular complexity index is 2020. The second-order valence-corrected chi connectivity index (χ2v) is 11.7. The largest absolute Gasteiger partial charge is 1.00 e. The van der Waals surface area contributed by atoms with Gasteiger partial charge in [0.05, 0.1) is 20.8 Å². The second-order valence-electron chi connectivity index (χ2n) is 8.66. The van der Waals surface area contributed by atoms with Crippen LogP contribution >= 0.6 is 11.6 Å². The van der Waals surface area contributed by atoms with Crippen molar-refractivity contribution < 1.29 is 120 Å². The van der Waals surface area contributed by atoms with Gasteiger partial charge in [0, 0.05) is 17.8 Å². The molecule has 2 heterocycles. The van der Waals surface area contributed by atoms with E-state index in [1.54, 1.807) is 24.3 Å². The smallest absolute Gasteiger partial charge is 0.748 e. The zero-order valence-electron chi connectivity index (χ0n) is 25.1. The van der Waals surface area contributed by atoms with Gasteiger partial charge < -0.3 is 24.8 Å². The van der Waals surface area contributed by atoms with Crippen LogP contribution in [0.4, 0.5) is 34.6 Å². The molecule has 0 spiro atoms. The molecule has 3 N–H and O–H groups in total. The summed E-state index contributed by atoms with van der Waals surface area (Å²) >= 11 is 6.02. The first kappa shape index (κ1) is 42.5. The fourth-order valence-corrected chi connectivity index (χ4v) is 5.25. The van der Waals surface area contributed by atoms with Crippen molar-refractivity contribution >= 4 is 66.5 Å². The third-order valence-corrected chi connectivity index (χ3v) is 7.43. The summed E-state index contributed by atoms with van der Waals surface area (Å²) in [4.78, 5) is 24.3. The van der Waals surface area contributed by atoms with Crippen LogP contribution in [0.2, 0.25) is 5.28 Å². The molecule has 22 heteroatoms. The van der Waals surface area contributed by atoms with E-state index in [1.807, 2.05) is 0 Å². The number of hydrogen-bond acceptors (Lipinski definition) is 15. The van der Waals surface area contributed by atoms with Crippen LogP contribution in [0, 0.1) is 13.0 Å². The SMILES string of the molecule is CCn1c(O)c(CS(=O)(=O)[O-])c(C)c(N=Nc2cc(Nc3nc(Cl)nc(Nc4c[c-]ccc4)n3)ccc2S(=O)(=O)[O-])c1=O.[Na+].[Na+].[Na+]. The Labute approximate surface area is 334 Å². The van der Waals surface area contributed by atoms with Crippen molar-refractivity contribution in [3.8, 4) is 5.88 Å². The van der Waals surface area contributed by atoms with Crippen LogP contribution in [0.15, 0.2) is 62.4 Å². The van der Waals surface area contributed by atoms with E-state index >= 15 is 0 Å². The Morgan fingerprint density at radius 3 is 2.17 bits per heavy atom. The minimum absolute atomic E-state index is 0. The number of benzene rings is 2. The third-order valence-electron chi connectivity index (χ3n) is 5.73. The molecule has 0 saturated heterocycles. The van der Waals surface area contributed by atoms with Crippen LogP contribution in [0.1, 0.15) is 18.1 Å². The normalized spacial score (nSPS) is 11.2. The molecule has 0 bridgehead atoms. The quantitative estimate of drug-likeness (QED) is 0.0601. The first-order valence-electron chi connectivity index (χ1n) is 12.0. The number of anilines is 4. The summed E-state index contributed by atoms with van der Waals surface area (Å²) in [6.45, 7) is 2.56. The van der Waals surface area contributed by atoms with Crippen LogP contribution in [0.25, 0.3) is 0 Å². The van der Waals surface area contributed by atoms with Gasteiger partial charge >= 0.3 is 88.7 Å². The monoisotopic (exact) mass is 716 g/mol. The van der Waals surface area contributed by atoms with Crippen molar-refractivity contribution in [2.45, 2.75) is 31.0 Å². The van der Waals surface area contributed by atoms with E-state index in [1.165, 1.54) is 19.9 Å². The summed E-state index contributed by atoms with van der Waals surface area (Å²) < 4.78 is 70.8. The number of aromatic hydroxyl groups is 1. The molecule has 2 aromatic heterocycles. The molecule has 226 valence electrons. The van der Waals surface area contributed by atoms with Gasteiger partial charge in [0.25, 0.3) is 5.56 Å². The summed E-state index contributed by atoms with van der Waals surface area (Å²) in [5.74, 6) is -1.91. The van der Waals surface area contributed by atoms with Gasteiger partial charge in [-0.25, -0.2) is 16.8 Å². The van der Waals surface area contributed by atoms with Gasteiger partial charge in [-0.15, -0.1) is 16.3 Å². The van der Waals surface area contributed by atoms with Crippen LogP contribution < -0.4 is 105 Å². The Morgan fingerprint density at radius 2 is 1.63 bits per heavy atom. The molecule has 0 fully saturated rings. The standard InChI is InChI=1S/C24H22ClN8O8S2.3Na/c1-3-33-20(34)16(12-42(36,37)38)13(2)19(21(33)35)32-31-17-11-15(9-10-18(17)43(39,40)41)27-24-29-22(25)28-23(30-24)26-14-7-5-4-6-8-14;;;/h4-5,7-11,34H,3,12H2,1-2H3,(H,36,37,38)(H,39,40,41)(H2,26,27,28,29,30);;;/q-1;3*+1/p-2. The molecule has 16 nitrogen and oxygen atoms in total. The number of nitrogens with zero attached hydrogens (tertiary/aromatic N) is 6. The zero-order chi connectivity index (χ0) is 31.5. The molecule has 4 rings (SSSR count).